The highest BCUT2D eigenvalue weighted by Crippen LogP contribution is 2.19. The fourth-order valence-electron chi connectivity index (χ4n) is 2.03. The molecule has 0 spiro atoms. The number of benzene rings is 1. The average Bonchev–Trinajstić information content (AvgIpc) is 2.95. The lowest BCUT2D eigenvalue weighted by molar-refractivity contribution is 0.259. The van der Waals surface area contributed by atoms with E-state index in [1.165, 1.54) is 18.4 Å². The quantitative estimate of drug-likeness (QED) is 0.885. The maximum atomic E-state index is 13.5. The minimum atomic E-state index is -3.78. The number of likely N-dealkylation sites (N-methyl/N-ethyl adjacent to an activating group) is 1. The first-order valence-corrected chi connectivity index (χ1v) is 8.25. The Morgan fingerprint density at radius 1 is 1.32 bits per heavy atom. The highest BCUT2D eigenvalue weighted by Gasteiger charge is 2.22. The molecule has 0 aliphatic heterocycles. The van der Waals surface area contributed by atoms with Gasteiger partial charge >= 0.3 is 0 Å². The van der Waals surface area contributed by atoms with Gasteiger partial charge in [-0.15, -0.1) is 0 Å². The molecule has 0 fully saturated rings. The summed E-state index contributed by atoms with van der Waals surface area (Å²) in [5, 5.41) is 0. The molecule has 5 nitrogen and oxygen atoms in total. The Hall–Kier alpha value is -1.70. The van der Waals surface area contributed by atoms with Gasteiger partial charge in [0.25, 0.3) is 0 Å². The fraction of sp³-hybridized carbons (Fsp3) is 0.333. The monoisotopic (exact) mass is 326 g/mol. The van der Waals surface area contributed by atoms with Crippen LogP contribution < -0.4 is 4.72 Å². The van der Waals surface area contributed by atoms with Crippen molar-refractivity contribution in [3.63, 3.8) is 0 Å². The Morgan fingerprint density at radius 3 is 2.59 bits per heavy atom. The number of rotatable bonds is 6. The second-order valence-electron chi connectivity index (χ2n) is 5.26. The van der Waals surface area contributed by atoms with Gasteiger partial charge in [-0.2, -0.15) is 0 Å². The van der Waals surface area contributed by atoms with Crippen molar-refractivity contribution in [3.8, 4) is 0 Å². The lowest BCUT2D eigenvalue weighted by Gasteiger charge is -2.22. The van der Waals surface area contributed by atoms with Crippen molar-refractivity contribution in [2.24, 2.45) is 0 Å². The van der Waals surface area contributed by atoms with Crippen LogP contribution in [0.15, 0.2) is 45.9 Å². The van der Waals surface area contributed by atoms with Crippen LogP contribution >= 0.6 is 0 Å². The maximum Gasteiger partial charge on any atom is 0.240 e. The van der Waals surface area contributed by atoms with Crippen LogP contribution in [-0.2, 0) is 10.0 Å². The summed E-state index contributed by atoms with van der Waals surface area (Å²) in [5.41, 5.74) is 0.403. The van der Waals surface area contributed by atoms with Gasteiger partial charge in [0.15, 0.2) is 0 Å². The molecule has 0 saturated heterocycles. The number of aryl methyl sites for hydroxylation is 1. The van der Waals surface area contributed by atoms with E-state index in [1.807, 2.05) is 19.0 Å². The van der Waals surface area contributed by atoms with E-state index in [9.17, 15) is 12.8 Å². The Balaban J connectivity index is 2.16. The zero-order valence-corrected chi connectivity index (χ0v) is 13.5. The molecule has 0 saturated carbocycles. The lowest BCUT2D eigenvalue weighted by Crippen LogP contribution is -2.34. The van der Waals surface area contributed by atoms with Crippen molar-refractivity contribution in [1.82, 2.24) is 9.62 Å². The first-order valence-electron chi connectivity index (χ1n) is 6.77. The molecular weight excluding hydrogens is 307 g/mol. The molecule has 22 heavy (non-hydrogen) atoms. The second kappa shape index (κ2) is 6.60. The van der Waals surface area contributed by atoms with Crippen molar-refractivity contribution in [1.29, 1.82) is 0 Å². The molecule has 1 heterocycles. The van der Waals surface area contributed by atoms with Gasteiger partial charge in [-0.25, -0.2) is 17.5 Å². The summed E-state index contributed by atoms with van der Waals surface area (Å²) in [7, 11) is -0.125. The van der Waals surface area contributed by atoms with Crippen LogP contribution in [0.1, 0.15) is 17.4 Å². The van der Waals surface area contributed by atoms with E-state index < -0.39 is 15.8 Å². The molecule has 0 radical (unpaired) electrons. The molecule has 0 bridgehead atoms. The van der Waals surface area contributed by atoms with Gasteiger partial charge in [0.2, 0.25) is 10.0 Å². The highest BCUT2D eigenvalue weighted by molar-refractivity contribution is 7.89. The summed E-state index contributed by atoms with van der Waals surface area (Å²) in [4.78, 5) is 1.75. The smallest absolute Gasteiger partial charge is 0.240 e. The van der Waals surface area contributed by atoms with Crippen LogP contribution in [0.5, 0.6) is 0 Å². The van der Waals surface area contributed by atoms with Crippen LogP contribution in [0.25, 0.3) is 0 Å². The summed E-state index contributed by atoms with van der Waals surface area (Å²) >= 11 is 0. The van der Waals surface area contributed by atoms with E-state index in [0.717, 1.165) is 6.07 Å². The Labute approximate surface area is 129 Å². The van der Waals surface area contributed by atoms with Crippen LogP contribution in [0.2, 0.25) is 0 Å². The Morgan fingerprint density at radius 2 is 2.05 bits per heavy atom. The predicted octanol–water partition coefficient (Wildman–Crippen LogP) is 2.31. The molecule has 1 aromatic heterocycles. The summed E-state index contributed by atoms with van der Waals surface area (Å²) in [5.74, 6) is 0.112. The molecule has 2 rings (SSSR count). The number of hydrogen-bond donors (Lipinski definition) is 1. The number of furan rings is 1. The molecule has 2 aromatic rings. The van der Waals surface area contributed by atoms with E-state index in [4.69, 9.17) is 4.42 Å². The lowest BCUT2D eigenvalue weighted by atomic mass is 10.2. The van der Waals surface area contributed by atoms with Gasteiger partial charge in [-0.3, -0.25) is 4.90 Å². The summed E-state index contributed by atoms with van der Waals surface area (Å²) in [6.45, 7) is 1.70. The zero-order valence-electron chi connectivity index (χ0n) is 12.7. The normalized spacial score (nSPS) is 13.5. The number of nitrogens with one attached hydrogen (secondary N) is 1. The molecular formula is C15H19FN2O3S. The fourth-order valence-corrected chi connectivity index (χ4v) is 3.08. The van der Waals surface area contributed by atoms with Crippen molar-refractivity contribution in [2.45, 2.75) is 17.9 Å². The maximum absolute atomic E-state index is 13.5. The first-order chi connectivity index (χ1) is 10.3. The average molecular weight is 326 g/mol. The molecule has 1 N–H and O–H groups in total. The standard InChI is InChI=1S/C15H19FN2O3S/c1-11-6-7-12(9-13(11)16)22(19,20)17-10-14(18(2)3)15-5-4-8-21-15/h4-9,14,17H,10H2,1-3H3/t14-/m1/s1. The van der Waals surface area contributed by atoms with Crippen LogP contribution in [0, 0.1) is 12.7 Å². The van der Waals surface area contributed by atoms with Gasteiger partial charge in [0, 0.05) is 6.54 Å². The van der Waals surface area contributed by atoms with Gasteiger partial charge in [0.1, 0.15) is 11.6 Å². The van der Waals surface area contributed by atoms with E-state index in [-0.39, 0.29) is 17.5 Å². The second-order valence-corrected chi connectivity index (χ2v) is 7.02. The minimum Gasteiger partial charge on any atom is -0.468 e. The van der Waals surface area contributed by atoms with Crippen LogP contribution in [0.3, 0.4) is 0 Å². The number of nitrogens with zero attached hydrogens (tertiary/aromatic N) is 1. The Bertz CT molecular complexity index is 727. The van der Waals surface area contributed by atoms with E-state index in [0.29, 0.717) is 11.3 Å². The molecule has 120 valence electrons. The van der Waals surface area contributed by atoms with Gasteiger partial charge in [-0.05, 0) is 50.8 Å². The van der Waals surface area contributed by atoms with Crippen LogP contribution in [0.4, 0.5) is 4.39 Å². The van der Waals surface area contributed by atoms with E-state index in [2.05, 4.69) is 4.72 Å². The highest BCUT2D eigenvalue weighted by atomic mass is 32.2. The third kappa shape index (κ3) is 3.73. The van der Waals surface area contributed by atoms with Crippen molar-refractivity contribution in [2.75, 3.05) is 20.6 Å². The number of halogens is 1. The Kier molecular flexibility index (Phi) is 5.00. The van der Waals surface area contributed by atoms with Gasteiger partial charge in [-0.1, -0.05) is 6.07 Å². The van der Waals surface area contributed by atoms with Crippen molar-refractivity contribution >= 4 is 10.0 Å². The SMILES string of the molecule is Cc1ccc(S(=O)(=O)NC[C@H](c2ccco2)N(C)C)cc1F. The summed E-state index contributed by atoms with van der Waals surface area (Å²) in [6.07, 6.45) is 1.54. The summed E-state index contributed by atoms with van der Waals surface area (Å²) < 4.78 is 45.9. The molecule has 0 amide bonds. The zero-order chi connectivity index (χ0) is 16.3. The first kappa shape index (κ1) is 16.7. The van der Waals surface area contributed by atoms with E-state index >= 15 is 0 Å². The van der Waals surface area contributed by atoms with E-state index in [1.54, 1.807) is 19.1 Å². The van der Waals surface area contributed by atoms with Crippen molar-refractivity contribution < 1.29 is 17.2 Å². The molecule has 1 atom stereocenters. The molecule has 0 unspecified atom stereocenters. The van der Waals surface area contributed by atoms with Gasteiger partial charge < -0.3 is 4.42 Å². The number of hydrogen-bond acceptors (Lipinski definition) is 4. The summed E-state index contributed by atoms with van der Waals surface area (Å²) in [6, 6.07) is 7.13. The topological polar surface area (TPSA) is 62.6 Å². The van der Waals surface area contributed by atoms with Crippen molar-refractivity contribution in [3.05, 3.63) is 53.7 Å². The molecule has 0 aliphatic carbocycles. The van der Waals surface area contributed by atoms with Gasteiger partial charge in [0.05, 0.1) is 17.2 Å². The third-order valence-corrected chi connectivity index (χ3v) is 4.84. The number of sulfonamides is 1. The molecule has 7 heteroatoms. The van der Waals surface area contributed by atoms with Crippen LogP contribution in [-0.4, -0.2) is 34.0 Å². The predicted molar refractivity (Wildman–Crippen MR) is 81.5 cm³/mol. The largest absolute Gasteiger partial charge is 0.468 e. The third-order valence-electron chi connectivity index (χ3n) is 3.42. The minimum absolute atomic E-state index is 0.0902. The molecule has 0 aliphatic rings. The molecule has 1 aromatic carbocycles.